The molecule has 1 unspecified atom stereocenters. The summed E-state index contributed by atoms with van der Waals surface area (Å²) in [6.45, 7) is 0.286. The Morgan fingerprint density at radius 1 is 1.32 bits per heavy atom. The summed E-state index contributed by atoms with van der Waals surface area (Å²) in [5, 5.41) is 6.80. The molecule has 2 amide bonds. The lowest BCUT2D eigenvalue weighted by Gasteiger charge is -2.20. The van der Waals surface area contributed by atoms with Crippen LogP contribution in [0.15, 0.2) is 30.6 Å². The number of aryl methyl sites for hydroxylation is 1. The Kier molecular flexibility index (Phi) is 4.60. The van der Waals surface area contributed by atoms with E-state index in [1.54, 1.807) is 61.4 Å². The largest absolute Gasteiger partial charge is 0.497 e. The zero-order chi connectivity index (χ0) is 18.0. The van der Waals surface area contributed by atoms with Gasteiger partial charge >= 0.3 is 0 Å². The van der Waals surface area contributed by atoms with Crippen LogP contribution in [0.4, 0.5) is 11.4 Å². The van der Waals surface area contributed by atoms with Crippen molar-refractivity contribution >= 4 is 23.2 Å². The first-order valence-electron chi connectivity index (χ1n) is 7.83. The van der Waals surface area contributed by atoms with E-state index >= 15 is 0 Å². The lowest BCUT2D eigenvalue weighted by molar-refractivity contribution is -0.122. The van der Waals surface area contributed by atoms with Crippen LogP contribution in [0.1, 0.15) is 6.42 Å². The number of carbonyl (C=O) groups excluding carboxylic acids is 2. The quantitative estimate of drug-likeness (QED) is 0.887. The van der Waals surface area contributed by atoms with Crippen LogP contribution in [0.2, 0.25) is 0 Å². The van der Waals surface area contributed by atoms with E-state index in [4.69, 9.17) is 9.47 Å². The molecule has 3 rings (SSSR count). The van der Waals surface area contributed by atoms with Crippen molar-refractivity contribution in [3.8, 4) is 11.5 Å². The normalized spacial score (nSPS) is 16.8. The summed E-state index contributed by atoms with van der Waals surface area (Å²) < 4.78 is 12.2. The molecule has 1 aromatic carbocycles. The van der Waals surface area contributed by atoms with Crippen molar-refractivity contribution in [2.45, 2.75) is 6.42 Å². The lowest BCUT2D eigenvalue weighted by Crippen LogP contribution is -2.28. The third-order valence-electron chi connectivity index (χ3n) is 4.15. The fourth-order valence-electron chi connectivity index (χ4n) is 2.85. The summed E-state index contributed by atoms with van der Waals surface area (Å²) in [7, 11) is 4.87. The van der Waals surface area contributed by atoms with E-state index in [9.17, 15) is 9.59 Å². The summed E-state index contributed by atoms with van der Waals surface area (Å²) >= 11 is 0. The van der Waals surface area contributed by atoms with Gasteiger partial charge in [-0.25, -0.2) is 0 Å². The lowest BCUT2D eigenvalue weighted by atomic mass is 10.1. The Morgan fingerprint density at radius 3 is 2.76 bits per heavy atom. The highest BCUT2D eigenvalue weighted by Crippen LogP contribution is 2.36. The van der Waals surface area contributed by atoms with Crippen LogP contribution in [0.3, 0.4) is 0 Å². The fourth-order valence-corrected chi connectivity index (χ4v) is 2.85. The number of benzene rings is 1. The number of rotatable bonds is 5. The summed E-state index contributed by atoms with van der Waals surface area (Å²) in [4.78, 5) is 26.5. The third-order valence-corrected chi connectivity index (χ3v) is 4.15. The first-order chi connectivity index (χ1) is 12.0. The molecule has 1 aliphatic heterocycles. The van der Waals surface area contributed by atoms with E-state index in [1.807, 2.05) is 0 Å². The number of hydrogen-bond acceptors (Lipinski definition) is 5. The highest BCUT2D eigenvalue weighted by Gasteiger charge is 2.36. The highest BCUT2D eigenvalue weighted by molar-refractivity contribution is 6.04. The first-order valence-corrected chi connectivity index (χ1v) is 7.83. The predicted octanol–water partition coefficient (Wildman–Crippen LogP) is 1.43. The molecule has 2 aromatic rings. The van der Waals surface area contributed by atoms with Crippen molar-refractivity contribution in [3.05, 3.63) is 30.6 Å². The second-order valence-electron chi connectivity index (χ2n) is 5.84. The number of ether oxygens (including phenoxy) is 2. The number of methoxy groups -OCH3 is 2. The van der Waals surface area contributed by atoms with Crippen LogP contribution in [-0.2, 0) is 16.6 Å². The van der Waals surface area contributed by atoms with Crippen molar-refractivity contribution in [3.63, 3.8) is 0 Å². The molecule has 1 N–H and O–H groups in total. The van der Waals surface area contributed by atoms with Gasteiger partial charge in [-0.2, -0.15) is 5.10 Å². The molecule has 1 saturated heterocycles. The molecule has 25 heavy (non-hydrogen) atoms. The van der Waals surface area contributed by atoms with Gasteiger partial charge in [0.05, 0.1) is 37.7 Å². The molecule has 132 valence electrons. The Labute approximate surface area is 145 Å². The molecule has 1 aliphatic rings. The zero-order valence-corrected chi connectivity index (χ0v) is 14.4. The van der Waals surface area contributed by atoms with Crippen molar-refractivity contribution in [1.82, 2.24) is 9.78 Å². The molecule has 1 atom stereocenters. The summed E-state index contributed by atoms with van der Waals surface area (Å²) in [6.07, 6.45) is 3.42. The molecule has 8 heteroatoms. The first kappa shape index (κ1) is 16.8. The second kappa shape index (κ2) is 6.84. The average molecular weight is 344 g/mol. The topological polar surface area (TPSA) is 85.7 Å². The molecule has 0 aliphatic carbocycles. The number of anilines is 2. The van der Waals surface area contributed by atoms with Gasteiger partial charge in [0.2, 0.25) is 11.8 Å². The smallest absolute Gasteiger partial charge is 0.229 e. The van der Waals surface area contributed by atoms with Crippen LogP contribution in [0.25, 0.3) is 0 Å². The minimum Gasteiger partial charge on any atom is -0.497 e. The maximum absolute atomic E-state index is 12.4. The van der Waals surface area contributed by atoms with E-state index < -0.39 is 5.92 Å². The average Bonchev–Trinajstić information content (AvgIpc) is 3.19. The van der Waals surface area contributed by atoms with Gasteiger partial charge < -0.3 is 19.7 Å². The van der Waals surface area contributed by atoms with Gasteiger partial charge in [0, 0.05) is 32.3 Å². The Bertz CT molecular complexity index is 802. The maximum Gasteiger partial charge on any atom is 0.229 e. The molecule has 0 spiro atoms. The molecule has 0 saturated carbocycles. The molecule has 0 radical (unpaired) electrons. The SMILES string of the molecule is COc1ccc(OC)c(N2CC(C(=O)Nc3cnn(C)c3)CC2=O)c1. The molecular formula is C17H20N4O4. The number of nitrogens with one attached hydrogen (secondary N) is 1. The molecule has 0 bridgehead atoms. The van der Waals surface area contributed by atoms with Gasteiger partial charge in [0.25, 0.3) is 0 Å². The molecule has 1 aromatic heterocycles. The van der Waals surface area contributed by atoms with Gasteiger partial charge in [-0.1, -0.05) is 0 Å². The predicted molar refractivity (Wildman–Crippen MR) is 91.8 cm³/mol. The minimum absolute atomic E-state index is 0.127. The van der Waals surface area contributed by atoms with E-state index in [0.29, 0.717) is 22.9 Å². The van der Waals surface area contributed by atoms with E-state index in [-0.39, 0.29) is 24.8 Å². The summed E-state index contributed by atoms with van der Waals surface area (Å²) in [6, 6.07) is 5.23. The van der Waals surface area contributed by atoms with E-state index in [1.165, 1.54) is 0 Å². The van der Waals surface area contributed by atoms with Crippen LogP contribution in [0, 0.1) is 5.92 Å². The van der Waals surface area contributed by atoms with Gasteiger partial charge in [-0.3, -0.25) is 14.3 Å². The van der Waals surface area contributed by atoms with E-state index in [2.05, 4.69) is 10.4 Å². The number of hydrogen-bond donors (Lipinski definition) is 1. The van der Waals surface area contributed by atoms with Crippen LogP contribution >= 0.6 is 0 Å². The number of carbonyl (C=O) groups is 2. The maximum atomic E-state index is 12.4. The Morgan fingerprint density at radius 2 is 2.12 bits per heavy atom. The molecule has 2 heterocycles. The minimum atomic E-state index is -0.441. The number of amides is 2. The molecule has 1 fully saturated rings. The number of aromatic nitrogens is 2. The van der Waals surface area contributed by atoms with E-state index in [0.717, 1.165) is 0 Å². The molecule has 8 nitrogen and oxygen atoms in total. The van der Waals surface area contributed by atoms with Crippen molar-refractivity contribution in [2.75, 3.05) is 31.0 Å². The molecular weight excluding hydrogens is 324 g/mol. The number of nitrogens with zero attached hydrogens (tertiary/aromatic N) is 3. The van der Waals surface area contributed by atoms with Gasteiger partial charge in [-0.15, -0.1) is 0 Å². The Hall–Kier alpha value is -3.03. The van der Waals surface area contributed by atoms with Crippen LogP contribution < -0.4 is 19.7 Å². The van der Waals surface area contributed by atoms with Gasteiger partial charge in [0.1, 0.15) is 11.5 Å². The highest BCUT2D eigenvalue weighted by atomic mass is 16.5. The Balaban J connectivity index is 1.77. The van der Waals surface area contributed by atoms with Gasteiger partial charge in [0.15, 0.2) is 0 Å². The third kappa shape index (κ3) is 3.42. The van der Waals surface area contributed by atoms with Crippen molar-refractivity contribution in [1.29, 1.82) is 0 Å². The van der Waals surface area contributed by atoms with Gasteiger partial charge in [-0.05, 0) is 12.1 Å². The summed E-state index contributed by atoms with van der Waals surface area (Å²) in [5.74, 6) is 0.404. The zero-order valence-electron chi connectivity index (χ0n) is 14.4. The van der Waals surface area contributed by atoms with Crippen molar-refractivity contribution < 1.29 is 19.1 Å². The fraction of sp³-hybridized carbons (Fsp3) is 0.353. The monoisotopic (exact) mass is 344 g/mol. The van der Waals surface area contributed by atoms with Crippen LogP contribution in [-0.4, -0.2) is 42.4 Å². The second-order valence-corrected chi connectivity index (χ2v) is 5.84. The summed E-state index contributed by atoms with van der Waals surface area (Å²) in [5.41, 5.74) is 1.21. The van der Waals surface area contributed by atoms with Crippen LogP contribution in [0.5, 0.6) is 11.5 Å². The van der Waals surface area contributed by atoms with Crippen molar-refractivity contribution in [2.24, 2.45) is 13.0 Å². The standard InChI is InChI=1S/C17H20N4O4/c1-20-10-12(8-18-20)19-17(23)11-6-16(22)21(9-11)14-7-13(24-2)4-5-15(14)25-3/h4-5,7-8,10-11H,6,9H2,1-3H3,(H,19,23).